The Morgan fingerprint density at radius 1 is 1.25 bits per heavy atom. The average Bonchev–Trinajstić information content (AvgIpc) is 1.99. The summed E-state index contributed by atoms with van der Waals surface area (Å²) in [7, 11) is 0. The van der Waals surface area contributed by atoms with Crippen LogP contribution in [0.3, 0.4) is 0 Å². The summed E-state index contributed by atoms with van der Waals surface area (Å²) in [6, 6.07) is 0. The van der Waals surface area contributed by atoms with Crippen LogP contribution in [0.15, 0.2) is 0 Å². The van der Waals surface area contributed by atoms with Crippen molar-refractivity contribution in [1.82, 2.24) is 0 Å². The highest BCUT2D eigenvalue weighted by atomic mass is 16.2. The molecule has 0 saturated heterocycles. The smallest absolute Gasteiger partial charge is 0.157 e. The fourth-order valence-corrected chi connectivity index (χ4v) is 0.981. The fourth-order valence-electron chi connectivity index (χ4n) is 0.981. The van der Waals surface area contributed by atoms with Crippen LogP contribution in [0.4, 0.5) is 0 Å². The second-order valence-electron chi connectivity index (χ2n) is 2.98. The van der Waals surface area contributed by atoms with E-state index in [1.165, 1.54) is 13.8 Å². The highest BCUT2D eigenvalue weighted by molar-refractivity contribution is 6.09. The Morgan fingerprint density at radius 2 is 1.67 bits per heavy atom. The van der Waals surface area contributed by atoms with Gasteiger partial charge in [-0.15, -0.1) is 0 Å². The minimum atomic E-state index is -1.31. The van der Waals surface area contributed by atoms with Crippen LogP contribution in [-0.4, -0.2) is 23.7 Å². The van der Waals surface area contributed by atoms with Gasteiger partial charge < -0.3 is 11.5 Å². The first-order valence-corrected chi connectivity index (χ1v) is 3.96. The molecule has 0 aliphatic rings. The molecule has 0 fully saturated rings. The van der Waals surface area contributed by atoms with Crippen molar-refractivity contribution >= 4 is 11.6 Å². The van der Waals surface area contributed by atoms with Crippen molar-refractivity contribution in [2.45, 2.75) is 32.2 Å². The van der Waals surface area contributed by atoms with E-state index >= 15 is 0 Å². The molecule has 4 nitrogen and oxygen atoms in total. The molecule has 0 spiro atoms. The van der Waals surface area contributed by atoms with Crippen molar-refractivity contribution in [2.75, 3.05) is 6.54 Å². The van der Waals surface area contributed by atoms with E-state index in [9.17, 15) is 9.59 Å². The zero-order valence-corrected chi connectivity index (χ0v) is 7.59. The maximum atomic E-state index is 11.0. The summed E-state index contributed by atoms with van der Waals surface area (Å²) in [6.07, 6.45) is 0.934. The molecule has 0 amide bonds. The van der Waals surface area contributed by atoms with Crippen LogP contribution in [0.2, 0.25) is 0 Å². The van der Waals surface area contributed by atoms with E-state index in [1.54, 1.807) is 0 Å². The lowest BCUT2D eigenvalue weighted by molar-refractivity contribution is -0.132. The lowest BCUT2D eigenvalue weighted by Gasteiger charge is -2.22. The van der Waals surface area contributed by atoms with Gasteiger partial charge in [-0.25, -0.2) is 0 Å². The van der Waals surface area contributed by atoms with E-state index in [-0.39, 0.29) is 11.6 Å². The fraction of sp³-hybridized carbons (Fsp3) is 0.750. The number of rotatable bonds is 5. The third-order valence-electron chi connectivity index (χ3n) is 2.03. The highest BCUT2D eigenvalue weighted by Crippen LogP contribution is 2.11. The van der Waals surface area contributed by atoms with Gasteiger partial charge in [-0.2, -0.15) is 0 Å². The molecule has 0 unspecified atom stereocenters. The molecule has 4 N–H and O–H groups in total. The molecule has 0 aromatic heterocycles. The maximum absolute atomic E-state index is 11.0. The standard InChI is InChI=1S/C8H16N2O2/c1-6(11)8(10,7(2)12)4-3-5-9/h3-5,9-10H2,1-2H3. The molecule has 0 aliphatic carbocycles. The van der Waals surface area contributed by atoms with Gasteiger partial charge in [0.25, 0.3) is 0 Å². The van der Waals surface area contributed by atoms with Gasteiger partial charge in [0, 0.05) is 0 Å². The second-order valence-corrected chi connectivity index (χ2v) is 2.98. The van der Waals surface area contributed by atoms with Crippen molar-refractivity contribution in [2.24, 2.45) is 11.5 Å². The number of carbonyl (C=O) groups excluding carboxylic acids is 2. The van der Waals surface area contributed by atoms with Gasteiger partial charge in [-0.3, -0.25) is 9.59 Å². The normalized spacial score (nSPS) is 11.3. The number of carbonyl (C=O) groups is 2. The number of Topliss-reactive ketones (excluding diaryl/α,β-unsaturated/α-hetero) is 2. The van der Waals surface area contributed by atoms with E-state index in [0.717, 1.165) is 0 Å². The average molecular weight is 172 g/mol. The largest absolute Gasteiger partial charge is 0.330 e. The Balaban J connectivity index is 4.40. The van der Waals surface area contributed by atoms with Gasteiger partial charge >= 0.3 is 0 Å². The van der Waals surface area contributed by atoms with Gasteiger partial charge in [-0.05, 0) is 33.2 Å². The quantitative estimate of drug-likeness (QED) is 0.552. The Morgan fingerprint density at radius 3 is 1.92 bits per heavy atom. The van der Waals surface area contributed by atoms with Crippen LogP contribution in [0.25, 0.3) is 0 Å². The van der Waals surface area contributed by atoms with Crippen LogP contribution >= 0.6 is 0 Å². The summed E-state index contributed by atoms with van der Waals surface area (Å²) in [5.74, 6) is -0.577. The van der Waals surface area contributed by atoms with Gasteiger partial charge in [0.1, 0.15) is 5.54 Å². The Labute approximate surface area is 72.3 Å². The number of hydrogen-bond acceptors (Lipinski definition) is 4. The molecule has 0 atom stereocenters. The van der Waals surface area contributed by atoms with Crippen molar-refractivity contribution in [3.8, 4) is 0 Å². The van der Waals surface area contributed by atoms with Crippen molar-refractivity contribution in [3.05, 3.63) is 0 Å². The molecule has 0 heterocycles. The molecular formula is C8H16N2O2. The van der Waals surface area contributed by atoms with E-state index in [2.05, 4.69) is 0 Å². The Bertz CT molecular complexity index is 175. The molecular weight excluding hydrogens is 156 g/mol. The Kier molecular flexibility index (Phi) is 4.06. The number of hydrogen-bond donors (Lipinski definition) is 2. The lowest BCUT2D eigenvalue weighted by atomic mass is 9.87. The molecule has 0 aliphatic heterocycles. The van der Waals surface area contributed by atoms with Crippen LogP contribution < -0.4 is 11.5 Å². The summed E-state index contributed by atoms with van der Waals surface area (Å²) in [5.41, 5.74) is 9.57. The molecule has 0 aromatic rings. The number of nitrogens with two attached hydrogens (primary N) is 2. The second kappa shape index (κ2) is 4.33. The molecule has 0 aromatic carbocycles. The maximum Gasteiger partial charge on any atom is 0.157 e. The molecule has 70 valence electrons. The van der Waals surface area contributed by atoms with Crippen molar-refractivity contribution < 1.29 is 9.59 Å². The van der Waals surface area contributed by atoms with E-state index in [0.29, 0.717) is 19.4 Å². The summed E-state index contributed by atoms with van der Waals surface area (Å²) in [6.45, 7) is 3.11. The topological polar surface area (TPSA) is 86.2 Å². The third-order valence-corrected chi connectivity index (χ3v) is 2.03. The van der Waals surface area contributed by atoms with Gasteiger partial charge in [-0.1, -0.05) is 0 Å². The van der Waals surface area contributed by atoms with Crippen LogP contribution in [0, 0.1) is 0 Å². The van der Waals surface area contributed by atoms with Crippen LogP contribution in [-0.2, 0) is 9.59 Å². The van der Waals surface area contributed by atoms with Crippen LogP contribution in [0.1, 0.15) is 26.7 Å². The van der Waals surface area contributed by atoms with Crippen molar-refractivity contribution in [1.29, 1.82) is 0 Å². The molecule has 0 bridgehead atoms. The lowest BCUT2D eigenvalue weighted by Crippen LogP contribution is -2.53. The molecule has 0 rings (SSSR count). The molecule has 12 heavy (non-hydrogen) atoms. The van der Waals surface area contributed by atoms with Gasteiger partial charge in [0.15, 0.2) is 11.6 Å². The summed E-state index contributed by atoms with van der Waals surface area (Å²) >= 11 is 0. The zero-order valence-electron chi connectivity index (χ0n) is 7.59. The summed E-state index contributed by atoms with van der Waals surface area (Å²) in [4.78, 5) is 22.1. The summed E-state index contributed by atoms with van der Waals surface area (Å²) in [5, 5.41) is 0. The predicted molar refractivity (Wildman–Crippen MR) is 46.6 cm³/mol. The van der Waals surface area contributed by atoms with E-state index in [1.807, 2.05) is 0 Å². The van der Waals surface area contributed by atoms with E-state index in [4.69, 9.17) is 11.5 Å². The monoisotopic (exact) mass is 172 g/mol. The SMILES string of the molecule is CC(=O)C(N)(CCCN)C(C)=O. The zero-order chi connectivity index (χ0) is 9.78. The minimum absolute atomic E-state index is 0.288. The molecule has 0 radical (unpaired) electrons. The van der Waals surface area contributed by atoms with Crippen LogP contribution in [0.5, 0.6) is 0 Å². The summed E-state index contributed by atoms with van der Waals surface area (Å²) < 4.78 is 0. The predicted octanol–water partition coefficient (Wildman–Crippen LogP) is -0.399. The molecule has 0 saturated carbocycles. The van der Waals surface area contributed by atoms with E-state index < -0.39 is 5.54 Å². The minimum Gasteiger partial charge on any atom is -0.330 e. The first kappa shape index (κ1) is 11.3. The molecule has 4 heteroatoms. The van der Waals surface area contributed by atoms with Crippen molar-refractivity contribution in [3.63, 3.8) is 0 Å². The first-order valence-electron chi connectivity index (χ1n) is 3.96. The van der Waals surface area contributed by atoms with Gasteiger partial charge in [0.05, 0.1) is 0 Å². The Hall–Kier alpha value is -0.740. The van der Waals surface area contributed by atoms with Gasteiger partial charge in [0.2, 0.25) is 0 Å². The number of ketones is 2. The highest BCUT2D eigenvalue weighted by Gasteiger charge is 2.34. The third kappa shape index (κ3) is 2.39. The first-order chi connectivity index (χ1) is 5.45.